The number of piperazine rings is 1. The van der Waals surface area contributed by atoms with Gasteiger partial charge in [0.15, 0.2) is 11.6 Å². The summed E-state index contributed by atoms with van der Waals surface area (Å²) in [5, 5.41) is 15.4. The number of likely N-dealkylation sites (tertiary alicyclic amines) is 1. The topological polar surface area (TPSA) is 202 Å². The van der Waals surface area contributed by atoms with Crippen LogP contribution in [0, 0.1) is 23.0 Å². The number of aromatic nitrogens is 2. The van der Waals surface area contributed by atoms with Crippen molar-refractivity contribution in [2.24, 2.45) is 0 Å². The van der Waals surface area contributed by atoms with Crippen molar-refractivity contribution in [2.75, 3.05) is 76.0 Å². The Morgan fingerprint density at radius 3 is 2.42 bits per heavy atom. The molecule has 20 heteroatoms. The highest BCUT2D eigenvalue weighted by atomic mass is 32.2. The molecule has 4 heterocycles. The number of piperidine rings is 2. The third kappa shape index (κ3) is 10.0. The van der Waals surface area contributed by atoms with Gasteiger partial charge in [-0.15, -0.1) is 0 Å². The molecule has 3 saturated heterocycles. The van der Waals surface area contributed by atoms with Crippen molar-refractivity contribution in [2.45, 2.75) is 51.1 Å². The van der Waals surface area contributed by atoms with E-state index in [0.717, 1.165) is 16.4 Å². The number of nitrogens with one attached hydrogen (secondary N) is 3. The molecule has 62 heavy (non-hydrogen) atoms. The number of carbonyl (C=O) groups is 3. The molecule has 3 aliphatic rings. The first-order chi connectivity index (χ1) is 29.7. The van der Waals surface area contributed by atoms with Gasteiger partial charge in [-0.25, -0.2) is 13.8 Å². The van der Waals surface area contributed by atoms with Crippen LogP contribution in [0.1, 0.15) is 49.7 Å². The van der Waals surface area contributed by atoms with Crippen LogP contribution in [0.2, 0.25) is 0 Å². The van der Waals surface area contributed by atoms with Crippen molar-refractivity contribution >= 4 is 50.2 Å². The molecule has 4 aromatic rings. The Morgan fingerprint density at radius 1 is 0.968 bits per heavy atom. The van der Waals surface area contributed by atoms with Gasteiger partial charge in [0.05, 0.1) is 29.5 Å². The molecule has 328 valence electrons. The molecular formula is C42H48F2N10O7S. The van der Waals surface area contributed by atoms with Crippen molar-refractivity contribution in [3.63, 3.8) is 0 Å². The molecule has 0 radical (unpaired) electrons. The average molecular weight is 875 g/mol. The molecule has 0 bridgehead atoms. The summed E-state index contributed by atoms with van der Waals surface area (Å²) in [5.41, 5.74) is 0.571. The van der Waals surface area contributed by atoms with Crippen molar-refractivity contribution in [1.29, 1.82) is 5.26 Å². The van der Waals surface area contributed by atoms with E-state index in [0.29, 0.717) is 88.4 Å². The lowest BCUT2D eigenvalue weighted by Crippen LogP contribution is -2.52. The van der Waals surface area contributed by atoms with E-state index in [4.69, 9.17) is 4.74 Å². The van der Waals surface area contributed by atoms with E-state index in [1.54, 1.807) is 19.1 Å². The molecule has 1 aromatic heterocycles. The molecule has 7 rings (SSSR count). The summed E-state index contributed by atoms with van der Waals surface area (Å²) < 4.78 is 66.0. The summed E-state index contributed by atoms with van der Waals surface area (Å²) in [5.74, 6) is -2.40. The van der Waals surface area contributed by atoms with Gasteiger partial charge in [-0.1, -0.05) is 13.0 Å². The van der Waals surface area contributed by atoms with E-state index in [-0.39, 0.29) is 71.0 Å². The maximum atomic E-state index is 15.2. The summed E-state index contributed by atoms with van der Waals surface area (Å²) >= 11 is 0. The van der Waals surface area contributed by atoms with Crippen LogP contribution in [0.15, 0.2) is 59.7 Å². The Labute approximate surface area is 357 Å². The molecule has 17 nitrogen and oxygen atoms in total. The molecule has 0 spiro atoms. The Balaban J connectivity index is 0.886. The van der Waals surface area contributed by atoms with Crippen molar-refractivity contribution in [1.82, 2.24) is 33.9 Å². The van der Waals surface area contributed by atoms with Crippen LogP contribution < -0.4 is 25.7 Å². The van der Waals surface area contributed by atoms with Gasteiger partial charge >= 0.3 is 10.2 Å². The SMILES string of the molecule is CCN(C)S(=O)(=O)Nc1ccc(F)c(Oc2ccc3ncn(CCN4CCN(C(=O)CN5CCC(c6ccc(NC7CCC(=O)NC7=O)cc6F)CC5)CC4)c(=O)c3c2)c1C#N. The minimum Gasteiger partial charge on any atom is -0.453 e. The van der Waals surface area contributed by atoms with Crippen molar-refractivity contribution in [3.8, 4) is 17.6 Å². The monoisotopic (exact) mass is 874 g/mol. The lowest BCUT2D eigenvalue weighted by molar-refractivity contribution is -0.135. The van der Waals surface area contributed by atoms with Crippen LogP contribution in [-0.2, 0) is 31.1 Å². The molecular weight excluding hydrogens is 827 g/mol. The van der Waals surface area contributed by atoms with Crippen LogP contribution in [0.5, 0.6) is 11.5 Å². The van der Waals surface area contributed by atoms with E-state index >= 15 is 8.78 Å². The number of imide groups is 1. The predicted octanol–water partition coefficient (Wildman–Crippen LogP) is 3.19. The molecule has 3 aliphatic heterocycles. The molecule has 3 amide bonds. The number of halogens is 2. The van der Waals surface area contributed by atoms with E-state index in [1.165, 1.54) is 42.2 Å². The second-order valence-electron chi connectivity index (χ2n) is 15.6. The third-order valence-corrected chi connectivity index (χ3v) is 13.2. The molecule has 3 N–H and O–H groups in total. The highest BCUT2D eigenvalue weighted by Crippen LogP contribution is 2.35. The minimum absolute atomic E-state index is 0.00536. The van der Waals surface area contributed by atoms with Gasteiger partial charge in [0.25, 0.3) is 5.56 Å². The molecule has 1 unspecified atom stereocenters. The Morgan fingerprint density at radius 2 is 1.73 bits per heavy atom. The van der Waals surface area contributed by atoms with Gasteiger partial charge in [-0.05, 0) is 86.3 Å². The molecule has 0 saturated carbocycles. The van der Waals surface area contributed by atoms with Crippen molar-refractivity contribution < 1.29 is 36.3 Å². The van der Waals surface area contributed by atoms with Gasteiger partial charge < -0.3 is 15.0 Å². The van der Waals surface area contributed by atoms with Crippen LogP contribution in [0.4, 0.5) is 20.2 Å². The standard InChI is InChI=1S/C42H48F2N10O7S/c1-3-50(2)62(59,60)49-36-9-7-33(43)40(32(36)24-45)61-29-5-8-35-31(23-29)42(58)54(26-46-35)21-18-51-16-19-53(20-17-51)39(56)25-52-14-12-27(13-15-52)30-6-4-28(22-34(30)44)47-37-10-11-38(55)48-41(37)57/h4-9,22-23,26-27,37,47,49H,3,10-21,25H2,1-2H3,(H,48,55,57). The van der Waals surface area contributed by atoms with Gasteiger partial charge in [0.1, 0.15) is 29.2 Å². The second kappa shape index (κ2) is 18.9. The van der Waals surface area contributed by atoms with Gasteiger partial charge in [0, 0.05) is 65.0 Å². The number of amides is 3. The maximum Gasteiger partial charge on any atom is 0.301 e. The maximum absolute atomic E-state index is 15.2. The fraction of sp³-hybridized carbons (Fsp3) is 0.429. The van der Waals surface area contributed by atoms with E-state index in [1.807, 2.05) is 11.0 Å². The van der Waals surface area contributed by atoms with E-state index in [2.05, 4.69) is 30.1 Å². The van der Waals surface area contributed by atoms with Crippen molar-refractivity contribution in [3.05, 3.63) is 88.0 Å². The second-order valence-corrected chi connectivity index (χ2v) is 17.4. The average Bonchev–Trinajstić information content (AvgIpc) is 3.26. The lowest BCUT2D eigenvalue weighted by Gasteiger charge is -2.37. The van der Waals surface area contributed by atoms with Gasteiger partial charge in [0.2, 0.25) is 17.7 Å². The van der Waals surface area contributed by atoms with Crippen LogP contribution in [0.25, 0.3) is 10.9 Å². The summed E-state index contributed by atoms with van der Waals surface area (Å²) in [6, 6.07) is 12.6. The molecule has 3 aromatic carbocycles. The summed E-state index contributed by atoms with van der Waals surface area (Å²) in [6.45, 7) is 6.52. The highest BCUT2D eigenvalue weighted by molar-refractivity contribution is 7.90. The minimum atomic E-state index is -4.02. The molecule has 3 fully saturated rings. The third-order valence-electron chi connectivity index (χ3n) is 11.7. The fourth-order valence-corrected chi connectivity index (χ4v) is 8.81. The van der Waals surface area contributed by atoms with Gasteiger partial charge in [-0.2, -0.15) is 18.0 Å². The van der Waals surface area contributed by atoms with Crippen LogP contribution >= 0.6 is 0 Å². The Kier molecular flexibility index (Phi) is 13.5. The summed E-state index contributed by atoms with van der Waals surface area (Å²) in [6.07, 6.45) is 3.43. The number of hydrogen-bond donors (Lipinski definition) is 3. The molecule has 0 aliphatic carbocycles. The number of nitrogens with zero attached hydrogens (tertiary/aromatic N) is 7. The quantitative estimate of drug-likeness (QED) is 0.157. The number of rotatable bonds is 14. The number of anilines is 2. The Hall–Kier alpha value is -6.01. The van der Waals surface area contributed by atoms with Crippen LogP contribution in [0.3, 0.4) is 0 Å². The first-order valence-corrected chi connectivity index (χ1v) is 21.9. The van der Waals surface area contributed by atoms with E-state index < -0.39 is 33.7 Å². The zero-order valence-electron chi connectivity index (χ0n) is 34.4. The smallest absolute Gasteiger partial charge is 0.301 e. The predicted molar refractivity (Wildman–Crippen MR) is 226 cm³/mol. The number of fused-ring (bicyclic) bond motifs is 1. The largest absolute Gasteiger partial charge is 0.453 e. The number of hydrogen-bond acceptors (Lipinski definition) is 12. The number of ether oxygens (including phenoxy) is 1. The zero-order chi connectivity index (χ0) is 44.1. The zero-order valence-corrected chi connectivity index (χ0v) is 35.2. The number of carbonyl (C=O) groups excluding carboxylic acids is 3. The highest BCUT2D eigenvalue weighted by Gasteiger charge is 2.29. The first kappa shape index (κ1) is 44.1. The fourth-order valence-electron chi connectivity index (χ4n) is 7.86. The number of nitriles is 1. The molecule has 1 atom stereocenters. The summed E-state index contributed by atoms with van der Waals surface area (Å²) in [7, 11) is -2.67. The first-order valence-electron chi connectivity index (χ1n) is 20.5. The Bertz CT molecular complexity index is 2570. The normalized spacial score (nSPS) is 18.1. The lowest BCUT2D eigenvalue weighted by atomic mass is 9.89. The van der Waals surface area contributed by atoms with E-state index in [9.17, 15) is 32.9 Å². The number of benzene rings is 3. The summed E-state index contributed by atoms with van der Waals surface area (Å²) in [4.78, 5) is 60.9. The van der Waals surface area contributed by atoms with Gasteiger partial charge in [-0.3, -0.25) is 43.6 Å². The van der Waals surface area contributed by atoms with Crippen LogP contribution in [-0.4, -0.2) is 127 Å².